The number of nitro groups is 1. The van der Waals surface area contributed by atoms with E-state index in [9.17, 15) is 24.5 Å². The molecule has 0 unspecified atom stereocenters. The number of carbonyl (C=O) groups excluding carboxylic acids is 3. The van der Waals surface area contributed by atoms with E-state index in [0.717, 1.165) is 0 Å². The van der Waals surface area contributed by atoms with Gasteiger partial charge < -0.3 is 9.47 Å². The molecule has 8 nitrogen and oxygen atoms in total. The number of non-ortho nitro benzene ring substituents is 1. The minimum Gasteiger partial charge on any atom is -0.469 e. The van der Waals surface area contributed by atoms with Crippen LogP contribution in [0.5, 0.6) is 0 Å². The number of benzene rings is 1. The first-order chi connectivity index (χ1) is 9.93. The van der Waals surface area contributed by atoms with Crippen LogP contribution >= 0.6 is 0 Å². The van der Waals surface area contributed by atoms with Crippen LogP contribution in [0, 0.1) is 10.1 Å². The number of ketones is 1. The van der Waals surface area contributed by atoms with Gasteiger partial charge in [0.05, 0.1) is 24.9 Å². The number of carbonyl (C=O) groups is 3. The number of hydrogen-bond donors (Lipinski definition) is 0. The molecule has 0 saturated heterocycles. The van der Waals surface area contributed by atoms with E-state index in [1.165, 1.54) is 31.4 Å². The van der Waals surface area contributed by atoms with Gasteiger partial charge in [-0.15, -0.1) is 0 Å². The Morgan fingerprint density at radius 2 is 1.67 bits per heavy atom. The number of ether oxygens (including phenoxy) is 2. The minimum absolute atomic E-state index is 0.124. The zero-order chi connectivity index (χ0) is 15.8. The molecule has 0 radical (unpaired) electrons. The lowest BCUT2D eigenvalue weighted by atomic mass is 10.1. The molecule has 1 aromatic rings. The zero-order valence-corrected chi connectivity index (χ0v) is 11.2. The van der Waals surface area contributed by atoms with Crippen molar-refractivity contribution in [3.63, 3.8) is 0 Å². The Kier molecular flexibility index (Phi) is 5.99. The molecule has 0 aliphatic carbocycles. The van der Waals surface area contributed by atoms with Crippen molar-refractivity contribution in [1.29, 1.82) is 0 Å². The molecule has 0 heterocycles. The van der Waals surface area contributed by atoms with Gasteiger partial charge in [-0.05, 0) is 12.1 Å². The molecule has 0 amide bonds. The number of Topliss-reactive ketones (excluding diaryl/α,β-unsaturated/α-hetero) is 1. The van der Waals surface area contributed by atoms with Crippen LogP contribution in [0.2, 0.25) is 0 Å². The number of hydrogen-bond acceptors (Lipinski definition) is 7. The van der Waals surface area contributed by atoms with E-state index >= 15 is 0 Å². The molecular weight excluding hydrogens is 282 g/mol. The average Bonchev–Trinajstić information content (AvgIpc) is 2.50. The predicted octanol–water partition coefficient (Wildman–Crippen LogP) is 1.27. The first-order valence-electron chi connectivity index (χ1n) is 5.94. The molecule has 21 heavy (non-hydrogen) atoms. The Hall–Kier alpha value is -2.77. The van der Waals surface area contributed by atoms with Crippen molar-refractivity contribution in [2.45, 2.75) is 12.8 Å². The molecule has 8 heteroatoms. The number of rotatable bonds is 7. The highest BCUT2D eigenvalue weighted by Gasteiger charge is 2.13. The number of esters is 2. The Labute approximate surface area is 119 Å². The molecule has 0 bridgehead atoms. The third-order valence-electron chi connectivity index (χ3n) is 2.53. The van der Waals surface area contributed by atoms with Crippen LogP contribution in [0.15, 0.2) is 24.3 Å². The van der Waals surface area contributed by atoms with Crippen molar-refractivity contribution >= 4 is 23.4 Å². The number of nitro benzene ring substituents is 1. The summed E-state index contributed by atoms with van der Waals surface area (Å²) >= 11 is 0. The molecule has 1 rings (SSSR count). The van der Waals surface area contributed by atoms with Crippen LogP contribution in [0.4, 0.5) is 5.69 Å². The second kappa shape index (κ2) is 7.73. The van der Waals surface area contributed by atoms with Crippen molar-refractivity contribution in [3.8, 4) is 0 Å². The molecule has 0 aromatic heterocycles. The average molecular weight is 295 g/mol. The number of nitrogens with zero attached hydrogens (tertiary/aromatic N) is 1. The standard InChI is InChI=1S/C13H13NO7/c1-20-12(16)6-7-13(17)21-8-11(15)9-2-4-10(5-3-9)14(18)19/h2-5H,6-8H2,1H3. The van der Waals surface area contributed by atoms with E-state index < -0.39 is 29.3 Å². The van der Waals surface area contributed by atoms with Gasteiger partial charge in [0.15, 0.2) is 12.4 Å². The van der Waals surface area contributed by atoms with E-state index in [4.69, 9.17) is 4.74 Å². The van der Waals surface area contributed by atoms with Crippen LogP contribution in [0.25, 0.3) is 0 Å². The van der Waals surface area contributed by atoms with E-state index in [1.54, 1.807) is 0 Å². The van der Waals surface area contributed by atoms with Crippen LogP contribution < -0.4 is 0 Å². The molecule has 0 aliphatic rings. The summed E-state index contributed by atoms with van der Waals surface area (Å²) in [5, 5.41) is 10.5. The minimum atomic E-state index is -0.698. The highest BCUT2D eigenvalue weighted by Crippen LogP contribution is 2.12. The second-order valence-electron chi connectivity index (χ2n) is 3.96. The van der Waals surface area contributed by atoms with Gasteiger partial charge >= 0.3 is 11.9 Å². The summed E-state index contributed by atoms with van der Waals surface area (Å²) in [6.07, 6.45) is -0.304. The highest BCUT2D eigenvalue weighted by molar-refractivity contribution is 5.98. The maximum atomic E-state index is 11.7. The first kappa shape index (κ1) is 16.3. The van der Waals surface area contributed by atoms with Gasteiger partial charge in [-0.1, -0.05) is 0 Å². The van der Waals surface area contributed by atoms with Crippen molar-refractivity contribution in [2.75, 3.05) is 13.7 Å². The van der Waals surface area contributed by atoms with Crippen LogP contribution in [0.3, 0.4) is 0 Å². The second-order valence-corrected chi connectivity index (χ2v) is 3.96. The fourth-order valence-electron chi connectivity index (χ4n) is 1.38. The molecule has 0 saturated carbocycles. The van der Waals surface area contributed by atoms with Gasteiger partial charge in [-0.3, -0.25) is 24.5 Å². The van der Waals surface area contributed by atoms with Crippen molar-refractivity contribution in [2.24, 2.45) is 0 Å². The fourth-order valence-corrected chi connectivity index (χ4v) is 1.38. The van der Waals surface area contributed by atoms with Gasteiger partial charge in [0.2, 0.25) is 0 Å². The van der Waals surface area contributed by atoms with E-state index in [2.05, 4.69) is 4.74 Å². The molecule has 112 valence electrons. The van der Waals surface area contributed by atoms with Crippen LogP contribution in [0.1, 0.15) is 23.2 Å². The fraction of sp³-hybridized carbons (Fsp3) is 0.308. The summed E-state index contributed by atoms with van der Waals surface area (Å²) in [5.41, 5.74) is 0.0583. The number of methoxy groups -OCH3 is 1. The smallest absolute Gasteiger partial charge is 0.306 e. The van der Waals surface area contributed by atoms with Crippen LogP contribution in [-0.2, 0) is 19.1 Å². The summed E-state index contributed by atoms with van der Waals surface area (Å²) in [5.74, 6) is -1.74. The lowest BCUT2D eigenvalue weighted by molar-refractivity contribution is -0.384. The zero-order valence-electron chi connectivity index (χ0n) is 11.2. The summed E-state index contributed by atoms with van der Waals surface area (Å²) in [6.45, 7) is -0.488. The maximum absolute atomic E-state index is 11.7. The highest BCUT2D eigenvalue weighted by atomic mass is 16.6. The maximum Gasteiger partial charge on any atom is 0.306 e. The molecule has 1 aromatic carbocycles. The molecular formula is C13H13NO7. The van der Waals surface area contributed by atoms with Gasteiger partial charge in [0, 0.05) is 17.7 Å². The Bertz CT molecular complexity index is 550. The van der Waals surface area contributed by atoms with Gasteiger partial charge in [-0.2, -0.15) is 0 Å². The predicted molar refractivity (Wildman–Crippen MR) is 69.6 cm³/mol. The van der Waals surface area contributed by atoms with Gasteiger partial charge in [0.25, 0.3) is 5.69 Å². The summed E-state index contributed by atoms with van der Waals surface area (Å²) < 4.78 is 9.06. The molecule has 0 spiro atoms. The largest absolute Gasteiger partial charge is 0.469 e. The summed E-state index contributed by atoms with van der Waals surface area (Å²) in [7, 11) is 1.20. The first-order valence-corrected chi connectivity index (χ1v) is 5.94. The third-order valence-corrected chi connectivity index (χ3v) is 2.53. The monoisotopic (exact) mass is 295 g/mol. The van der Waals surface area contributed by atoms with Crippen LogP contribution in [-0.4, -0.2) is 36.4 Å². The Balaban J connectivity index is 2.44. The Morgan fingerprint density at radius 1 is 1.10 bits per heavy atom. The lowest BCUT2D eigenvalue weighted by Crippen LogP contribution is -2.15. The summed E-state index contributed by atoms with van der Waals surface area (Å²) in [4.78, 5) is 43.6. The van der Waals surface area contributed by atoms with E-state index in [1.807, 2.05) is 0 Å². The molecule has 0 atom stereocenters. The van der Waals surface area contributed by atoms with E-state index in [0.29, 0.717) is 0 Å². The van der Waals surface area contributed by atoms with E-state index in [-0.39, 0.29) is 24.1 Å². The SMILES string of the molecule is COC(=O)CCC(=O)OCC(=O)c1ccc([N+](=O)[O-])cc1. The topological polar surface area (TPSA) is 113 Å². The lowest BCUT2D eigenvalue weighted by Gasteiger charge is -2.04. The molecule has 0 fully saturated rings. The molecule has 0 aliphatic heterocycles. The third kappa shape index (κ3) is 5.39. The quantitative estimate of drug-likeness (QED) is 0.322. The molecule has 0 N–H and O–H groups in total. The Morgan fingerprint density at radius 3 is 2.19 bits per heavy atom. The summed E-state index contributed by atoms with van der Waals surface area (Å²) in [6, 6.07) is 4.93. The van der Waals surface area contributed by atoms with Crippen molar-refractivity contribution in [3.05, 3.63) is 39.9 Å². The van der Waals surface area contributed by atoms with Crippen molar-refractivity contribution in [1.82, 2.24) is 0 Å². The van der Waals surface area contributed by atoms with Gasteiger partial charge in [-0.25, -0.2) is 0 Å². The van der Waals surface area contributed by atoms with Gasteiger partial charge in [0.1, 0.15) is 0 Å². The normalized spacial score (nSPS) is 9.76. The van der Waals surface area contributed by atoms with Crippen molar-refractivity contribution < 1.29 is 28.8 Å².